The number of nitrogen functional groups attached to an aromatic ring is 1. The summed E-state index contributed by atoms with van der Waals surface area (Å²) in [6.45, 7) is 4.24. The molecule has 98 valence electrons. The number of nitrogens with zero attached hydrogens (tertiary/aromatic N) is 1. The van der Waals surface area contributed by atoms with Crippen molar-refractivity contribution in [3.05, 3.63) is 47.3 Å². The molecule has 0 radical (unpaired) electrons. The zero-order chi connectivity index (χ0) is 13.4. The topological polar surface area (TPSA) is 38.9 Å². The van der Waals surface area contributed by atoms with E-state index in [1.54, 1.807) is 0 Å². The van der Waals surface area contributed by atoms with Crippen LogP contribution in [0.3, 0.4) is 0 Å². The van der Waals surface area contributed by atoms with Crippen molar-refractivity contribution in [3.8, 4) is 11.1 Å². The summed E-state index contributed by atoms with van der Waals surface area (Å²) < 4.78 is 0. The number of pyridine rings is 1. The van der Waals surface area contributed by atoms with Crippen LogP contribution in [-0.4, -0.2) is 4.98 Å². The third-order valence-electron chi connectivity index (χ3n) is 4.00. The van der Waals surface area contributed by atoms with Gasteiger partial charge in [-0.1, -0.05) is 0 Å². The lowest BCUT2D eigenvalue weighted by atomic mass is 9.93. The van der Waals surface area contributed by atoms with Gasteiger partial charge >= 0.3 is 0 Å². The highest BCUT2D eigenvalue weighted by Gasteiger charge is 2.23. The Kier molecular flexibility index (Phi) is 3.02. The van der Waals surface area contributed by atoms with Gasteiger partial charge in [0.2, 0.25) is 0 Å². The minimum atomic E-state index is 0.858. The van der Waals surface area contributed by atoms with Crippen molar-refractivity contribution in [2.75, 3.05) is 5.73 Å². The summed E-state index contributed by atoms with van der Waals surface area (Å²) in [5.41, 5.74) is 13.4. The van der Waals surface area contributed by atoms with Crippen molar-refractivity contribution in [3.63, 3.8) is 0 Å². The van der Waals surface area contributed by atoms with Crippen LogP contribution >= 0.6 is 0 Å². The Hall–Kier alpha value is -1.83. The molecule has 2 heteroatoms. The summed E-state index contributed by atoms with van der Waals surface area (Å²) in [5.74, 6) is 0.858. The van der Waals surface area contributed by atoms with Crippen molar-refractivity contribution in [2.24, 2.45) is 5.92 Å². The molecule has 1 aliphatic rings. The van der Waals surface area contributed by atoms with Crippen LogP contribution in [0.15, 0.2) is 30.6 Å². The number of rotatable bonds is 3. The SMILES string of the molecule is Cc1cnccc1-c1cc(CC2CC2)c(N)cc1C. The van der Waals surface area contributed by atoms with E-state index in [0.717, 1.165) is 18.0 Å². The third kappa shape index (κ3) is 2.48. The monoisotopic (exact) mass is 252 g/mol. The van der Waals surface area contributed by atoms with Gasteiger partial charge < -0.3 is 5.73 Å². The summed E-state index contributed by atoms with van der Waals surface area (Å²) >= 11 is 0. The van der Waals surface area contributed by atoms with Crippen LogP contribution in [0.1, 0.15) is 29.5 Å². The number of benzene rings is 1. The first kappa shape index (κ1) is 12.2. The average Bonchev–Trinajstić information content (AvgIpc) is 3.18. The quantitative estimate of drug-likeness (QED) is 0.841. The number of aryl methyl sites for hydroxylation is 2. The van der Waals surface area contributed by atoms with Crippen LogP contribution in [0.2, 0.25) is 0 Å². The van der Waals surface area contributed by atoms with E-state index in [-0.39, 0.29) is 0 Å². The largest absolute Gasteiger partial charge is 0.398 e. The molecule has 2 N–H and O–H groups in total. The maximum absolute atomic E-state index is 6.17. The van der Waals surface area contributed by atoms with Gasteiger partial charge in [0.1, 0.15) is 0 Å². The summed E-state index contributed by atoms with van der Waals surface area (Å²) in [6, 6.07) is 6.49. The second-order valence-electron chi connectivity index (χ2n) is 5.70. The predicted molar refractivity (Wildman–Crippen MR) is 80.0 cm³/mol. The zero-order valence-corrected chi connectivity index (χ0v) is 11.6. The lowest BCUT2D eigenvalue weighted by molar-refractivity contribution is 0.834. The van der Waals surface area contributed by atoms with Crippen molar-refractivity contribution in [1.29, 1.82) is 0 Å². The first-order chi connectivity index (χ1) is 9.15. The first-order valence-electron chi connectivity index (χ1n) is 6.95. The van der Waals surface area contributed by atoms with E-state index in [0.29, 0.717) is 0 Å². The number of nitrogens with two attached hydrogens (primary N) is 1. The van der Waals surface area contributed by atoms with Crippen molar-refractivity contribution in [2.45, 2.75) is 33.1 Å². The van der Waals surface area contributed by atoms with Gasteiger partial charge in [-0.15, -0.1) is 0 Å². The maximum atomic E-state index is 6.17. The minimum absolute atomic E-state index is 0.858. The van der Waals surface area contributed by atoms with E-state index in [1.807, 2.05) is 12.4 Å². The molecule has 1 aliphatic carbocycles. The van der Waals surface area contributed by atoms with Gasteiger partial charge in [0.15, 0.2) is 0 Å². The molecule has 0 unspecified atom stereocenters. The van der Waals surface area contributed by atoms with Crippen molar-refractivity contribution in [1.82, 2.24) is 4.98 Å². The van der Waals surface area contributed by atoms with Gasteiger partial charge in [-0.25, -0.2) is 0 Å². The van der Waals surface area contributed by atoms with Gasteiger partial charge in [-0.05, 0) is 85.0 Å². The molecule has 1 fully saturated rings. The van der Waals surface area contributed by atoms with Crippen LogP contribution in [-0.2, 0) is 6.42 Å². The maximum Gasteiger partial charge on any atom is 0.0349 e. The van der Waals surface area contributed by atoms with E-state index >= 15 is 0 Å². The molecule has 1 saturated carbocycles. The Labute approximate surface area is 114 Å². The summed E-state index contributed by atoms with van der Waals surface area (Å²) in [6.07, 6.45) is 7.63. The Balaban J connectivity index is 2.07. The molecule has 1 heterocycles. The summed E-state index contributed by atoms with van der Waals surface area (Å²) in [5, 5.41) is 0. The van der Waals surface area contributed by atoms with Crippen LogP contribution in [0.4, 0.5) is 5.69 Å². The fourth-order valence-corrected chi connectivity index (χ4v) is 2.65. The van der Waals surface area contributed by atoms with Crippen LogP contribution in [0, 0.1) is 19.8 Å². The molecule has 0 bridgehead atoms. The fraction of sp³-hybridized carbons (Fsp3) is 0.353. The highest BCUT2D eigenvalue weighted by atomic mass is 14.6. The highest BCUT2D eigenvalue weighted by molar-refractivity contribution is 5.73. The van der Waals surface area contributed by atoms with Crippen molar-refractivity contribution < 1.29 is 0 Å². The van der Waals surface area contributed by atoms with E-state index < -0.39 is 0 Å². The number of hydrogen-bond donors (Lipinski definition) is 1. The molecule has 1 aromatic heterocycles. The predicted octanol–water partition coefficient (Wildman–Crippen LogP) is 3.90. The molecular weight excluding hydrogens is 232 g/mol. The smallest absolute Gasteiger partial charge is 0.0349 e. The van der Waals surface area contributed by atoms with E-state index in [2.05, 4.69) is 37.0 Å². The molecule has 2 nitrogen and oxygen atoms in total. The average molecular weight is 252 g/mol. The standard InChI is InChI=1S/C17H20N2/c1-11-7-17(18)14(8-13-3-4-13)9-16(11)15-5-6-19-10-12(15)2/h5-7,9-10,13H,3-4,8,18H2,1-2H3. The lowest BCUT2D eigenvalue weighted by Gasteiger charge is -2.13. The van der Waals surface area contributed by atoms with Gasteiger partial charge in [0.05, 0.1) is 0 Å². The molecule has 0 aliphatic heterocycles. The second kappa shape index (κ2) is 4.69. The Bertz CT molecular complexity index is 613. The molecule has 0 saturated heterocycles. The molecule has 3 rings (SSSR count). The highest BCUT2D eigenvalue weighted by Crippen LogP contribution is 2.36. The van der Waals surface area contributed by atoms with Crippen LogP contribution in [0.5, 0.6) is 0 Å². The fourth-order valence-electron chi connectivity index (χ4n) is 2.65. The van der Waals surface area contributed by atoms with Crippen molar-refractivity contribution >= 4 is 5.69 Å². The first-order valence-corrected chi connectivity index (χ1v) is 6.95. The van der Waals surface area contributed by atoms with Gasteiger partial charge in [-0.2, -0.15) is 0 Å². The Morgan fingerprint density at radius 2 is 1.95 bits per heavy atom. The Morgan fingerprint density at radius 3 is 2.63 bits per heavy atom. The number of aromatic nitrogens is 1. The number of anilines is 1. The van der Waals surface area contributed by atoms with E-state index in [4.69, 9.17) is 5.73 Å². The zero-order valence-electron chi connectivity index (χ0n) is 11.6. The normalized spacial score (nSPS) is 14.6. The van der Waals surface area contributed by atoms with E-state index in [1.165, 1.54) is 40.7 Å². The molecule has 0 spiro atoms. The summed E-state index contributed by atoms with van der Waals surface area (Å²) in [4.78, 5) is 4.17. The van der Waals surface area contributed by atoms with Gasteiger partial charge in [0.25, 0.3) is 0 Å². The lowest BCUT2D eigenvalue weighted by Crippen LogP contribution is -1.99. The molecule has 0 atom stereocenters. The molecule has 1 aromatic carbocycles. The summed E-state index contributed by atoms with van der Waals surface area (Å²) in [7, 11) is 0. The Morgan fingerprint density at radius 1 is 1.16 bits per heavy atom. The van der Waals surface area contributed by atoms with E-state index in [9.17, 15) is 0 Å². The molecule has 19 heavy (non-hydrogen) atoms. The minimum Gasteiger partial charge on any atom is -0.398 e. The van der Waals surface area contributed by atoms with Gasteiger partial charge in [-0.3, -0.25) is 4.98 Å². The van der Waals surface area contributed by atoms with Gasteiger partial charge in [0, 0.05) is 18.1 Å². The molecule has 2 aromatic rings. The second-order valence-corrected chi connectivity index (χ2v) is 5.70. The van der Waals surface area contributed by atoms with Crippen LogP contribution in [0.25, 0.3) is 11.1 Å². The molecule has 0 amide bonds. The van der Waals surface area contributed by atoms with Crippen LogP contribution < -0.4 is 5.73 Å². The number of hydrogen-bond acceptors (Lipinski definition) is 2. The molecular formula is C17H20N2. The third-order valence-corrected chi connectivity index (χ3v) is 4.00.